The zero-order chi connectivity index (χ0) is 30.5. The van der Waals surface area contributed by atoms with E-state index in [1.54, 1.807) is 10.8 Å². The van der Waals surface area contributed by atoms with Crippen molar-refractivity contribution in [1.29, 1.82) is 0 Å². The third-order valence-electron chi connectivity index (χ3n) is 9.26. The van der Waals surface area contributed by atoms with E-state index in [4.69, 9.17) is 16.2 Å². The van der Waals surface area contributed by atoms with Crippen LogP contribution in [0.1, 0.15) is 42.5 Å². The summed E-state index contributed by atoms with van der Waals surface area (Å²) >= 11 is 0. The summed E-state index contributed by atoms with van der Waals surface area (Å²) in [7, 11) is 0. The normalized spacial score (nSPS) is 20.8. The Balaban J connectivity index is 1.29. The van der Waals surface area contributed by atoms with Gasteiger partial charge in [0, 0.05) is 38.4 Å². The molecule has 3 amide bonds. The fourth-order valence-corrected chi connectivity index (χ4v) is 7.09. The number of fused-ring (bicyclic) bond motifs is 3. The number of nitrogens with two attached hydrogens (primary N) is 2. The maximum absolute atomic E-state index is 15.9. The molecule has 3 heterocycles. The highest BCUT2D eigenvalue weighted by Gasteiger charge is 2.33. The van der Waals surface area contributed by atoms with Crippen molar-refractivity contribution in [3.05, 3.63) is 70.3 Å². The van der Waals surface area contributed by atoms with Crippen LogP contribution < -0.4 is 37.2 Å². The Bertz CT molecular complexity index is 1870. The smallest absolute Gasteiger partial charge is 0.312 e. The number of hydrogen-bond acceptors (Lipinski definition) is 6. The lowest BCUT2D eigenvalue weighted by molar-refractivity contribution is 0.0938. The summed E-state index contributed by atoms with van der Waals surface area (Å²) in [4.78, 5) is 40.5. The van der Waals surface area contributed by atoms with E-state index in [0.717, 1.165) is 36.5 Å². The van der Waals surface area contributed by atoms with Crippen LogP contribution in [0.15, 0.2) is 53.5 Å². The number of benzene rings is 3. The Labute approximate surface area is 253 Å². The summed E-state index contributed by atoms with van der Waals surface area (Å²) in [5.74, 6) is 0.126. The number of nitrogens with one attached hydrogen (secondary N) is 2. The molecule has 10 nitrogen and oxygen atoms in total. The van der Waals surface area contributed by atoms with Gasteiger partial charge in [-0.3, -0.25) is 9.59 Å². The van der Waals surface area contributed by atoms with Crippen molar-refractivity contribution >= 4 is 39.3 Å². The molecule has 7 rings (SSSR count). The summed E-state index contributed by atoms with van der Waals surface area (Å²) in [6.07, 6.45) is 5.99. The molecule has 1 saturated carbocycles. The van der Waals surface area contributed by atoms with E-state index in [1.165, 1.54) is 6.07 Å². The Morgan fingerprint density at radius 3 is 2.45 bits per heavy atom. The zero-order valence-corrected chi connectivity index (χ0v) is 24.3. The summed E-state index contributed by atoms with van der Waals surface area (Å²) in [6.45, 7) is 1.93. The van der Waals surface area contributed by atoms with Gasteiger partial charge in [-0.1, -0.05) is 30.7 Å². The number of anilines is 1. The van der Waals surface area contributed by atoms with Gasteiger partial charge in [0.25, 0.3) is 5.91 Å². The van der Waals surface area contributed by atoms with E-state index in [2.05, 4.69) is 10.6 Å². The number of halogens is 1. The van der Waals surface area contributed by atoms with Gasteiger partial charge in [-0.05, 0) is 66.5 Å². The van der Waals surface area contributed by atoms with Gasteiger partial charge in [-0.2, -0.15) is 0 Å². The predicted octanol–water partition coefficient (Wildman–Crippen LogP) is 4.13. The highest BCUT2D eigenvalue weighted by atomic mass is 19.1. The first-order valence-electron chi connectivity index (χ1n) is 15.2. The number of carbonyl (C=O) groups is 2. The molecule has 3 atom stereocenters. The van der Waals surface area contributed by atoms with Crippen molar-refractivity contribution < 1.29 is 18.7 Å². The van der Waals surface area contributed by atoms with Crippen LogP contribution in [-0.2, 0) is 0 Å². The molecule has 2 aliphatic heterocycles. The maximum atomic E-state index is 15.9. The number of primary amides is 1. The van der Waals surface area contributed by atoms with E-state index >= 15 is 4.39 Å². The second-order valence-corrected chi connectivity index (χ2v) is 12.3. The van der Waals surface area contributed by atoms with Crippen LogP contribution in [0, 0.1) is 17.7 Å². The number of pyridine rings is 1. The van der Waals surface area contributed by atoms with Gasteiger partial charge in [-0.15, -0.1) is 0 Å². The summed E-state index contributed by atoms with van der Waals surface area (Å²) in [5, 5.41) is 7.62. The van der Waals surface area contributed by atoms with Crippen LogP contribution in [0.25, 0.3) is 27.4 Å². The van der Waals surface area contributed by atoms with Crippen LogP contribution in [0.2, 0.25) is 0 Å². The van der Waals surface area contributed by atoms with Gasteiger partial charge in [0.15, 0.2) is 17.3 Å². The molecular formula is C33H35FN6O4. The molecule has 3 aromatic carbocycles. The van der Waals surface area contributed by atoms with Gasteiger partial charge in [0.05, 0.1) is 11.1 Å². The van der Waals surface area contributed by atoms with Gasteiger partial charge < -0.3 is 36.3 Å². The molecule has 1 aliphatic carbocycles. The molecule has 3 aliphatic rings. The van der Waals surface area contributed by atoms with Gasteiger partial charge >= 0.3 is 6.03 Å². The summed E-state index contributed by atoms with van der Waals surface area (Å²) in [5.41, 5.74) is 12.1. The molecule has 6 N–H and O–H groups in total. The fourth-order valence-electron chi connectivity index (χ4n) is 7.09. The van der Waals surface area contributed by atoms with E-state index in [1.807, 2.05) is 41.3 Å². The molecule has 4 aromatic rings. The molecule has 1 saturated heterocycles. The molecule has 0 bridgehead atoms. The Morgan fingerprint density at radius 1 is 1.02 bits per heavy atom. The fraction of sp³-hybridized carbons (Fsp3) is 0.364. The van der Waals surface area contributed by atoms with Crippen molar-refractivity contribution in [1.82, 2.24) is 15.2 Å². The van der Waals surface area contributed by atoms with Gasteiger partial charge in [0.2, 0.25) is 5.43 Å². The number of ether oxygens (including phenoxy) is 1. The van der Waals surface area contributed by atoms with Crippen LogP contribution in [0.4, 0.5) is 14.9 Å². The van der Waals surface area contributed by atoms with Crippen LogP contribution >= 0.6 is 0 Å². The number of urea groups is 1. The molecule has 1 aromatic heterocycles. The van der Waals surface area contributed by atoms with E-state index in [9.17, 15) is 14.4 Å². The molecule has 2 fully saturated rings. The Hall–Kier alpha value is -4.64. The Kier molecular flexibility index (Phi) is 7.12. The second kappa shape index (κ2) is 11.1. The lowest BCUT2D eigenvalue weighted by Gasteiger charge is -2.30. The first kappa shape index (κ1) is 28.1. The highest BCUT2D eigenvalue weighted by molar-refractivity contribution is 6.02. The first-order chi connectivity index (χ1) is 21.3. The zero-order valence-electron chi connectivity index (χ0n) is 24.3. The lowest BCUT2D eigenvalue weighted by Crippen LogP contribution is -2.38. The maximum Gasteiger partial charge on any atom is 0.312 e. The summed E-state index contributed by atoms with van der Waals surface area (Å²) in [6, 6.07) is 12.3. The minimum absolute atomic E-state index is 0.0671. The summed E-state index contributed by atoms with van der Waals surface area (Å²) < 4.78 is 24.2. The topological polar surface area (TPSA) is 145 Å². The monoisotopic (exact) mass is 598 g/mol. The average Bonchev–Trinajstić information content (AvgIpc) is 3.44. The highest BCUT2D eigenvalue weighted by Crippen LogP contribution is 2.48. The third-order valence-corrected chi connectivity index (χ3v) is 9.26. The number of aromatic nitrogens is 1. The van der Waals surface area contributed by atoms with Crippen molar-refractivity contribution in [2.45, 2.75) is 38.1 Å². The first-order valence-corrected chi connectivity index (χ1v) is 15.2. The second-order valence-electron chi connectivity index (χ2n) is 12.3. The number of rotatable bonds is 6. The molecule has 0 radical (unpaired) electrons. The van der Waals surface area contributed by atoms with Gasteiger partial charge in [0.1, 0.15) is 16.8 Å². The lowest BCUT2D eigenvalue weighted by atomic mass is 9.81. The molecule has 0 spiro atoms. The SMILES string of the molecule is NC(=O)NCC1CCCC(CNC(=O)c2cn3c4c(c(N5CCC(N)C5)c(F)cc4c2=O)Oc2cc4ccccc4cc2-3)C1. The third kappa shape index (κ3) is 5.00. The number of amides is 3. The van der Waals surface area contributed by atoms with E-state index in [0.29, 0.717) is 49.6 Å². The van der Waals surface area contributed by atoms with Crippen molar-refractivity contribution in [2.75, 3.05) is 31.1 Å². The van der Waals surface area contributed by atoms with Crippen molar-refractivity contribution in [3.8, 4) is 17.2 Å². The Morgan fingerprint density at radius 2 is 1.75 bits per heavy atom. The number of carbonyl (C=O) groups excluding carboxylic acids is 2. The van der Waals surface area contributed by atoms with Crippen LogP contribution in [-0.4, -0.2) is 48.7 Å². The molecule has 228 valence electrons. The van der Waals surface area contributed by atoms with E-state index < -0.39 is 23.2 Å². The quantitative estimate of drug-likeness (QED) is 0.231. The van der Waals surface area contributed by atoms with Crippen LogP contribution in [0.3, 0.4) is 0 Å². The number of hydrogen-bond donors (Lipinski definition) is 4. The standard InChI is InChI=1S/C33H35FN6O4/c34-25-13-23-28-31(29(25)39-9-8-22(35)16-39)44-27-12-21-7-2-1-6-20(21)11-26(27)40(28)17-24(30(23)41)32(42)37-14-18-4-3-5-19(10-18)15-38-33(36)43/h1-2,6-7,11-13,17-19,22H,3-5,8-10,14-16,35H2,(H,37,42)(H3,36,38,43). The minimum Gasteiger partial charge on any atom is -0.451 e. The molecule has 44 heavy (non-hydrogen) atoms. The van der Waals surface area contributed by atoms with Crippen molar-refractivity contribution in [3.63, 3.8) is 0 Å². The average molecular weight is 599 g/mol. The largest absolute Gasteiger partial charge is 0.451 e. The molecule has 11 heteroatoms. The minimum atomic E-state index is -0.593. The van der Waals surface area contributed by atoms with Crippen LogP contribution in [0.5, 0.6) is 11.5 Å². The molecule has 3 unspecified atom stereocenters. The van der Waals surface area contributed by atoms with E-state index in [-0.39, 0.29) is 40.3 Å². The molecular weight excluding hydrogens is 563 g/mol. The van der Waals surface area contributed by atoms with Crippen molar-refractivity contribution in [2.24, 2.45) is 23.3 Å². The number of nitrogens with zero attached hydrogens (tertiary/aromatic N) is 2. The van der Waals surface area contributed by atoms with Gasteiger partial charge in [-0.25, -0.2) is 9.18 Å². The predicted molar refractivity (Wildman–Crippen MR) is 167 cm³/mol.